The van der Waals surface area contributed by atoms with Crippen LogP contribution in [0.15, 0.2) is 18.2 Å². The predicted octanol–water partition coefficient (Wildman–Crippen LogP) is 4.85. The van der Waals surface area contributed by atoms with Crippen molar-refractivity contribution in [3.8, 4) is 0 Å². The monoisotopic (exact) mass is 308 g/mol. The second-order valence-corrected chi connectivity index (χ2v) is 6.76. The van der Waals surface area contributed by atoms with Crippen molar-refractivity contribution in [2.24, 2.45) is 5.92 Å². The van der Waals surface area contributed by atoms with Crippen LogP contribution >= 0.6 is 11.6 Å². The zero-order chi connectivity index (χ0) is 15.2. The largest absolute Gasteiger partial charge is 0.371 e. The molecule has 2 atom stereocenters. The van der Waals surface area contributed by atoms with Crippen LogP contribution in [0.1, 0.15) is 51.5 Å². The number of halogens is 1. The number of nitrogens with zero attached hydrogens (tertiary/aromatic N) is 1. The van der Waals surface area contributed by atoms with Gasteiger partial charge in [0, 0.05) is 35.9 Å². The van der Waals surface area contributed by atoms with Crippen LogP contribution in [-0.2, 0) is 6.54 Å². The minimum absolute atomic E-state index is 0.641. The van der Waals surface area contributed by atoms with Gasteiger partial charge in [-0.2, -0.15) is 0 Å². The summed E-state index contributed by atoms with van der Waals surface area (Å²) >= 11 is 6.46. The zero-order valence-corrected chi connectivity index (χ0v) is 14.4. The Balaban J connectivity index is 2.18. The molecule has 1 N–H and O–H groups in total. The summed E-state index contributed by atoms with van der Waals surface area (Å²) in [6, 6.07) is 6.94. The van der Waals surface area contributed by atoms with Gasteiger partial charge >= 0.3 is 0 Å². The van der Waals surface area contributed by atoms with Gasteiger partial charge in [-0.3, -0.25) is 0 Å². The third-order valence-electron chi connectivity index (χ3n) is 4.77. The van der Waals surface area contributed by atoms with E-state index in [1.165, 1.54) is 36.9 Å². The maximum Gasteiger partial charge on any atom is 0.0471 e. The van der Waals surface area contributed by atoms with Crippen molar-refractivity contribution in [3.05, 3.63) is 28.8 Å². The van der Waals surface area contributed by atoms with E-state index in [1.54, 1.807) is 0 Å². The molecule has 1 aliphatic carbocycles. The number of anilines is 1. The van der Waals surface area contributed by atoms with Gasteiger partial charge in [0.15, 0.2) is 0 Å². The van der Waals surface area contributed by atoms with Crippen LogP contribution in [-0.4, -0.2) is 19.6 Å². The van der Waals surface area contributed by atoms with Crippen molar-refractivity contribution in [2.45, 2.75) is 58.5 Å². The van der Waals surface area contributed by atoms with Crippen LogP contribution in [0, 0.1) is 5.92 Å². The minimum Gasteiger partial charge on any atom is -0.371 e. The van der Waals surface area contributed by atoms with Crippen LogP contribution in [0.5, 0.6) is 0 Å². The Morgan fingerprint density at radius 3 is 2.76 bits per heavy atom. The molecule has 0 amide bonds. The van der Waals surface area contributed by atoms with Crippen LogP contribution in [0.25, 0.3) is 0 Å². The second-order valence-electron chi connectivity index (χ2n) is 6.35. The number of hydrogen-bond acceptors (Lipinski definition) is 2. The molecule has 0 spiro atoms. The summed E-state index contributed by atoms with van der Waals surface area (Å²) in [5, 5.41) is 4.37. The molecule has 0 aliphatic heterocycles. The van der Waals surface area contributed by atoms with Gasteiger partial charge in [0.1, 0.15) is 0 Å². The lowest BCUT2D eigenvalue weighted by Crippen LogP contribution is -2.39. The Hall–Kier alpha value is -0.730. The first kappa shape index (κ1) is 16.6. The molecule has 0 saturated heterocycles. The van der Waals surface area contributed by atoms with Gasteiger partial charge in [-0.25, -0.2) is 0 Å². The van der Waals surface area contributed by atoms with Crippen molar-refractivity contribution >= 4 is 17.3 Å². The van der Waals surface area contributed by atoms with Crippen LogP contribution in [0.4, 0.5) is 5.69 Å². The van der Waals surface area contributed by atoms with Gasteiger partial charge in [0.05, 0.1) is 0 Å². The molecular weight excluding hydrogens is 280 g/mol. The number of hydrogen-bond donors (Lipinski definition) is 1. The summed E-state index contributed by atoms with van der Waals surface area (Å²) in [5.41, 5.74) is 2.54. The minimum atomic E-state index is 0.641. The Labute approximate surface area is 134 Å². The Morgan fingerprint density at radius 1 is 1.29 bits per heavy atom. The molecule has 0 aromatic heterocycles. The Bertz CT molecular complexity index is 447. The molecule has 3 heteroatoms. The van der Waals surface area contributed by atoms with Gasteiger partial charge in [0.25, 0.3) is 0 Å². The van der Waals surface area contributed by atoms with Crippen LogP contribution in [0.3, 0.4) is 0 Å². The third-order valence-corrected chi connectivity index (χ3v) is 5.12. The summed E-state index contributed by atoms with van der Waals surface area (Å²) in [4.78, 5) is 2.47. The summed E-state index contributed by atoms with van der Waals surface area (Å²) in [5.74, 6) is 0.763. The van der Waals surface area contributed by atoms with Crippen molar-refractivity contribution in [3.63, 3.8) is 0 Å². The summed E-state index contributed by atoms with van der Waals surface area (Å²) < 4.78 is 0. The lowest BCUT2D eigenvalue weighted by Gasteiger charge is -2.38. The molecule has 0 radical (unpaired) electrons. The first-order valence-corrected chi connectivity index (χ1v) is 8.73. The number of nitrogens with one attached hydrogen (secondary N) is 1. The third kappa shape index (κ3) is 4.14. The van der Waals surface area contributed by atoms with Crippen molar-refractivity contribution in [1.29, 1.82) is 0 Å². The number of benzene rings is 1. The summed E-state index contributed by atoms with van der Waals surface area (Å²) in [6.45, 7) is 6.47. The molecule has 0 bridgehead atoms. The topological polar surface area (TPSA) is 15.3 Å². The molecule has 1 fully saturated rings. The Morgan fingerprint density at radius 2 is 2.05 bits per heavy atom. The molecule has 2 nitrogen and oxygen atoms in total. The summed E-state index contributed by atoms with van der Waals surface area (Å²) in [6.07, 6.45) is 6.52. The van der Waals surface area contributed by atoms with E-state index in [1.807, 2.05) is 6.07 Å². The first-order valence-electron chi connectivity index (χ1n) is 8.36. The molecule has 1 aromatic carbocycles. The van der Waals surface area contributed by atoms with E-state index in [2.05, 4.69) is 43.2 Å². The molecule has 118 valence electrons. The van der Waals surface area contributed by atoms with Crippen LogP contribution in [0.2, 0.25) is 5.02 Å². The lowest BCUT2D eigenvalue weighted by atomic mass is 9.84. The van der Waals surface area contributed by atoms with E-state index in [0.29, 0.717) is 6.04 Å². The number of rotatable bonds is 6. The SMILES string of the molecule is CCCNCc1c(Cl)cccc1N(C)C1CCCCC1C. The van der Waals surface area contributed by atoms with Crippen molar-refractivity contribution in [1.82, 2.24) is 5.32 Å². The lowest BCUT2D eigenvalue weighted by molar-refractivity contribution is 0.321. The van der Waals surface area contributed by atoms with Gasteiger partial charge in [-0.1, -0.05) is 44.4 Å². The van der Waals surface area contributed by atoms with E-state index in [0.717, 1.165) is 30.5 Å². The normalized spacial score (nSPS) is 22.3. The fourth-order valence-electron chi connectivity index (χ4n) is 3.49. The Kier molecular flexibility index (Phi) is 6.38. The molecule has 2 unspecified atom stereocenters. The summed E-state index contributed by atoms with van der Waals surface area (Å²) in [7, 11) is 2.24. The van der Waals surface area contributed by atoms with Gasteiger partial charge in [-0.15, -0.1) is 0 Å². The molecule has 0 heterocycles. The predicted molar refractivity (Wildman–Crippen MR) is 93.3 cm³/mol. The second kappa shape index (κ2) is 8.05. The van der Waals surface area contributed by atoms with Crippen molar-refractivity contribution in [2.75, 3.05) is 18.5 Å². The fourth-order valence-corrected chi connectivity index (χ4v) is 3.73. The van der Waals surface area contributed by atoms with E-state index < -0.39 is 0 Å². The van der Waals surface area contributed by atoms with E-state index in [9.17, 15) is 0 Å². The highest BCUT2D eigenvalue weighted by molar-refractivity contribution is 6.31. The average molecular weight is 309 g/mol. The molecule has 21 heavy (non-hydrogen) atoms. The molecular formula is C18H29ClN2. The quantitative estimate of drug-likeness (QED) is 0.755. The smallest absolute Gasteiger partial charge is 0.0471 e. The molecule has 2 rings (SSSR count). The fraction of sp³-hybridized carbons (Fsp3) is 0.667. The highest BCUT2D eigenvalue weighted by Gasteiger charge is 2.26. The van der Waals surface area contributed by atoms with Gasteiger partial charge in [-0.05, 0) is 43.9 Å². The van der Waals surface area contributed by atoms with E-state index in [-0.39, 0.29) is 0 Å². The maximum atomic E-state index is 6.46. The molecule has 1 aliphatic rings. The van der Waals surface area contributed by atoms with E-state index >= 15 is 0 Å². The average Bonchev–Trinajstić information content (AvgIpc) is 2.49. The first-order chi connectivity index (χ1) is 10.1. The molecule has 1 aromatic rings. The van der Waals surface area contributed by atoms with Gasteiger partial charge in [0.2, 0.25) is 0 Å². The zero-order valence-electron chi connectivity index (χ0n) is 13.7. The van der Waals surface area contributed by atoms with Crippen molar-refractivity contribution < 1.29 is 0 Å². The molecule has 1 saturated carbocycles. The van der Waals surface area contributed by atoms with Gasteiger partial charge < -0.3 is 10.2 Å². The highest BCUT2D eigenvalue weighted by Crippen LogP contribution is 2.34. The standard InChI is InChI=1S/C18H29ClN2/c1-4-12-20-13-15-16(19)9-7-11-18(15)21(3)17-10-6-5-8-14(17)2/h7,9,11,14,17,20H,4-6,8,10,12-13H2,1-3H3. The van der Waals surface area contributed by atoms with E-state index in [4.69, 9.17) is 11.6 Å². The highest BCUT2D eigenvalue weighted by atomic mass is 35.5. The maximum absolute atomic E-state index is 6.46. The van der Waals surface area contributed by atoms with Crippen LogP contribution < -0.4 is 10.2 Å².